The number of carbonyl (C=O) groups excluding carboxylic acids is 1. The summed E-state index contributed by atoms with van der Waals surface area (Å²) in [7, 11) is 0. The normalized spacial score (nSPS) is 10.4. The summed E-state index contributed by atoms with van der Waals surface area (Å²) in [6.45, 7) is 3.18. The first kappa shape index (κ1) is 18.4. The zero-order chi connectivity index (χ0) is 17.0. The summed E-state index contributed by atoms with van der Waals surface area (Å²) in [6.07, 6.45) is 2.42. The van der Waals surface area contributed by atoms with Gasteiger partial charge in [-0.15, -0.1) is 11.8 Å². The molecule has 0 aliphatic rings. The van der Waals surface area contributed by atoms with Gasteiger partial charge < -0.3 is 9.47 Å². The fourth-order valence-electron chi connectivity index (χ4n) is 2.03. The predicted octanol–water partition coefficient (Wildman–Crippen LogP) is 5.09. The van der Waals surface area contributed by atoms with E-state index in [4.69, 9.17) is 9.47 Å². The van der Waals surface area contributed by atoms with E-state index in [1.165, 1.54) is 0 Å². The molecule has 0 aromatic heterocycles. The molecule has 0 saturated carbocycles. The molecule has 2 aromatic rings. The third kappa shape index (κ3) is 7.09. The van der Waals surface area contributed by atoms with Crippen LogP contribution in [0.4, 0.5) is 0 Å². The Kier molecular flexibility index (Phi) is 8.25. The highest BCUT2D eigenvalue weighted by molar-refractivity contribution is 7.99. The van der Waals surface area contributed by atoms with Crippen molar-refractivity contribution in [1.82, 2.24) is 0 Å². The van der Waals surface area contributed by atoms with Crippen LogP contribution in [0.3, 0.4) is 0 Å². The van der Waals surface area contributed by atoms with E-state index in [9.17, 15) is 4.79 Å². The maximum atomic E-state index is 11.5. The Hall–Kier alpha value is -1.94. The molecule has 4 heteroatoms. The molecule has 128 valence electrons. The topological polar surface area (TPSA) is 35.5 Å². The van der Waals surface area contributed by atoms with Gasteiger partial charge in [0.25, 0.3) is 0 Å². The molecular formula is C20H24O3S. The molecule has 2 aromatic carbocycles. The average molecular weight is 344 g/mol. The second-order valence-electron chi connectivity index (χ2n) is 5.42. The van der Waals surface area contributed by atoms with E-state index in [-0.39, 0.29) is 5.97 Å². The smallest absolute Gasteiger partial charge is 0.306 e. The van der Waals surface area contributed by atoms with Gasteiger partial charge in [-0.25, -0.2) is 0 Å². The van der Waals surface area contributed by atoms with Crippen LogP contribution < -0.4 is 4.74 Å². The zero-order valence-electron chi connectivity index (χ0n) is 14.1. The van der Waals surface area contributed by atoms with Crippen molar-refractivity contribution >= 4 is 17.7 Å². The molecule has 0 fully saturated rings. The van der Waals surface area contributed by atoms with Crippen molar-refractivity contribution in [3.05, 3.63) is 60.2 Å². The second-order valence-corrected chi connectivity index (χ2v) is 6.59. The molecular weight excluding hydrogens is 320 g/mol. The van der Waals surface area contributed by atoms with Gasteiger partial charge in [0, 0.05) is 10.6 Å². The summed E-state index contributed by atoms with van der Waals surface area (Å²) in [5.74, 6) is 1.47. The molecule has 0 saturated heterocycles. The summed E-state index contributed by atoms with van der Waals surface area (Å²) in [6, 6.07) is 18.1. The summed E-state index contributed by atoms with van der Waals surface area (Å²) in [5.41, 5.74) is 1.15. The highest BCUT2D eigenvalue weighted by Crippen LogP contribution is 2.22. The first-order chi connectivity index (χ1) is 11.8. The predicted molar refractivity (Wildman–Crippen MR) is 98.4 cm³/mol. The van der Waals surface area contributed by atoms with Crippen LogP contribution in [0.15, 0.2) is 59.5 Å². The van der Waals surface area contributed by atoms with Gasteiger partial charge in [-0.3, -0.25) is 4.79 Å². The van der Waals surface area contributed by atoms with Crippen LogP contribution in [-0.2, 0) is 16.1 Å². The van der Waals surface area contributed by atoms with E-state index >= 15 is 0 Å². The van der Waals surface area contributed by atoms with Crippen molar-refractivity contribution in [2.75, 3.05) is 12.4 Å². The summed E-state index contributed by atoms with van der Waals surface area (Å²) < 4.78 is 10.9. The highest BCUT2D eigenvalue weighted by atomic mass is 32.2. The molecule has 0 bridgehead atoms. The summed E-state index contributed by atoms with van der Waals surface area (Å²) in [4.78, 5) is 12.7. The molecule has 0 amide bonds. The van der Waals surface area contributed by atoms with Gasteiger partial charge in [0.05, 0.1) is 13.0 Å². The Morgan fingerprint density at radius 1 is 1.04 bits per heavy atom. The van der Waals surface area contributed by atoms with Gasteiger partial charge in [0.1, 0.15) is 12.4 Å². The van der Waals surface area contributed by atoms with Gasteiger partial charge in [-0.2, -0.15) is 0 Å². The first-order valence-corrected chi connectivity index (χ1v) is 9.31. The maximum Gasteiger partial charge on any atom is 0.306 e. The molecule has 0 radical (unpaired) electrons. The monoisotopic (exact) mass is 344 g/mol. The molecule has 0 spiro atoms. The molecule has 24 heavy (non-hydrogen) atoms. The molecule has 0 aliphatic heterocycles. The van der Waals surface area contributed by atoms with Crippen LogP contribution >= 0.6 is 11.8 Å². The zero-order valence-corrected chi connectivity index (χ0v) is 14.9. The minimum atomic E-state index is -0.112. The lowest BCUT2D eigenvalue weighted by atomic mass is 10.2. The van der Waals surface area contributed by atoms with E-state index in [0.717, 1.165) is 34.8 Å². The average Bonchev–Trinajstić information content (AvgIpc) is 2.62. The number of hydrogen-bond donors (Lipinski definition) is 0. The maximum absolute atomic E-state index is 11.5. The van der Waals surface area contributed by atoms with Crippen molar-refractivity contribution in [1.29, 1.82) is 0 Å². The molecule has 0 aliphatic carbocycles. The Morgan fingerprint density at radius 3 is 2.50 bits per heavy atom. The van der Waals surface area contributed by atoms with E-state index in [0.29, 0.717) is 19.6 Å². The van der Waals surface area contributed by atoms with E-state index < -0.39 is 0 Å². The summed E-state index contributed by atoms with van der Waals surface area (Å²) >= 11 is 1.65. The lowest BCUT2D eigenvalue weighted by Gasteiger charge is -2.07. The highest BCUT2D eigenvalue weighted by Gasteiger charge is 2.03. The molecule has 3 nitrogen and oxygen atoms in total. The van der Waals surface area contributed by atoms with Crippen molar-refractivity contribution in [3.63, 3.8) is 0 Å². The number of hydrogen-bond acceptors (Lipinski definition) is 4. The Morgan fingerprint density at radius 2 is 1.79 bits per heavy atom. The van der Waals surface area contributed by atoms with Crippen molar-refractivity contribution in [2.45, 2.75) is 37.7 Å². The van der Waals surface area contributed by atoms with Gasteiger partial charge in [-0.05, 0) is 36.2 Å². The molecule has 0 N–H and O–H groups in total. The number of unbranched alkanes of at least 4 members (excludes halogenated alkanes) is 1. The Balaban J connectivity index is 1.67. The van der Waals surface area contributed by atoms with Crippen LogP contribution in [0.1, 0.15) is 31.7 Å². The van der Waals surface area contributed by atoms with E-state index in [1.807, 2.05) is 54.6 Å². The first-order valence-electron chi connectivity index (χ1n) is 8.33. The summed E-state index contributed by atoms with van der Waals surface area (Å²) in [5, 5.41) is 0. The van der Waals surface area contributed by atoms with Gasteiger partial charge in [-0.1, -0.05) is 43.7 Å². The number of carbonyl (C=O) groups is 1. The number of thioether (sulfide) groups is 1. The fourth-order valence-corrected chi connectivity index (χ4v) is 2.86. The molecule has 0 atom stereocenters. The van der Waals surface area contributed by atoms with Crippen molar-refractivity contribution < 1.29 is 14.3 Å². The second kappa shape index (κ2) is 10.8. The molecule has 2 rings (SSSR count). The van der Waals surface area contributed by atoms with Crippen LogP contribution in [0.5, 0.6) is 5.75 Å². The van der Waals surface area contributed by atoms with Gasteiger partial charge >= 0.3 is 5.97 Å². The van der Waals surface area contributed by atoms with E-state index in [2.05, 4.69) is 6.92 Å². The van der Waals surface area contributed by atoms with Crippen LogP contribution in [0, 0.1) is 0 Å². The van der Waals surface area contributed by atoms with Crippen molar-refractivity contribution in [2.24, 2.45) is 0 Å². The molecule has 0 unspecified atom stereocenters. The van der Waals surface area contributed by atoms with Crippen LogP contribution in [0.2, 0.25) is 0 Å². The molecule has 0 heterocycles. The standard InChI is InChI=1S/C20H24O3S/c1-2-3-14-22-20(21)13-15-24-19-11-9-18(10-12-19)23-16-17-7-5-4-6-8-17/h4-12H,2-3,13-16H2,1H3. The number of ether oxygens (including phenoxy) is 2. The van der Waals surface area contributed by atoms with E-state index in [1.54, 1.807) is 11.8 Å². The quantitative estimate of drug-likeness (QED) is 0.342. The van der Waals surface area contributed by atoms with Gasteiger partial charge in [0.2, 0.25) is 0 Å². The number of esters is 1. The third-order valence-electron chi connectivity index (χ3n) is 3.41. The SMILES string of the molecule is CCCCOC(=O)CCSc1ccc(OCc2ccccc2)cc1. The van der Waals surface area contributed by atoms with Crippen LogP contribution in [0.25, 0.3) is 0 Å². The number of benzene rings is 2. The van der Waals surface area contributed by atoms with Crippen LogP contribution in [-0.4, -0.2) is 18.3 Å². The largest absolute Gasteiger partial charge is 0.489 e. The Labute approximate surface area is 148 Å². The minimum Gasteiger partial charge on any atom is -0.489 e. The lowest BCUT2D eigenvalue weighted by molar-refractivity contribution is -0.143. The third-order valence-corrected chi connectivity index (χ3v) is 4.42. The van der Waals surface area contributed by atoms with Gasteiger partial charge in [0.15, 0.2) is 0 Å². The van der Waals surface area contributed by atoms with Crippen molar-refractivity contribution in [3.8, 4) is 5.75 Å². The minimum absolute atomic E-state index is 0.112. The lowest BCUT2D eigenvalue weighted by Crippen LogP contribution is -2.06. The fraction of sp³-hybridized carbons (Fsp3) is 0.350. The Bertz CT molecular complexity index is 596. The number of rotatable bonds is 10.